The smallest absolute Gasteiger partial charge is 0.0654 e. The second-order valence-electron chi connectivity index (χ2n) is 3.10. The first kappa shape index (κ1) is 11.7. The third-order valence-electron chi connectivity index (χ3n) is 1.94. The monoisotopic (exact) mass is 237 g/mol. The van der Waals surface area contributed by atoms with Crippen LogP contribution in [-0.4, -0.2) is 5.75 Å². The Kier molecular flexibility index (Phi) is 7.21. The molecule has 1 aliphatic heterocycles. The zero-order valence-corrected chi connectivity index (χ0v) is 10.5. The van der Waals surface area contributed by atoms with Gasteiger partial charge < -0.3 is 0 Å². The van der Waals surface area contributed by atoms with E-state index in [2.05, 4.69) is 16.0 Å². The molecule has 0 saturated heterocycles. The van der Waals surface area contributed by atoms with Gasteiger partial charge >= 0.3 is 0 Å². The topological polar surface area (TPSA) is 24.7 Å². The third kappa shape index (κ3) is 5.86. The van der Waals surface area contributed by atoms with Crippen molar-refractivity contribution in [3.8, 4) is 0 Å². The van der Waals surface area contributed by atoms with Crippen molar-refractivity contribution in [1.82, 2.24) is 0 Å². The highest BCUT2D eigenvalue weighted by atomic mass is 33.5. The zero-order valence-electron chi connectivity index (χ0n) is 8.07. The van der Waals surface area contributed by atoms with Crippen LogP contribution >= 0.6 is 20.8 Å². The summed E-state index contributed by atoms with van der Waals surface area (Å²) in [6.45, 7) is 2.26. The lowest BCUT2D eigenvalue weighted by Gasteiger charge is -1.96. The first-order valence-corrected chi connectivity index (χ1v) is 8.87. The van der Waals surface area contributed by atoms with Gasteiger partial charge in [-0.05, 0) is 12.8 Å². The molecule has 5 heteroatoms. The lowest BCUT2D eigenvalue weighted by atomic mass is 10.1. The summed E-state index contributed by atoms with van der Waals surface area (Å²) < 4.78 is 8.06. The number of rotatable bonds is 7. The molecule has 2 nitrogen and oxygen atoms in total. The minimum Gasteiger partial charge on any atom is -0.0654 e. The predicted molar refractivity (Wildman–Crippen MR) is 65.6 cm³/mol. The summed E-state index contributed by atoms with van der Waals surface area (Å²) in [5, 5.41) is 0. The first-order valence-electron chi connectivity index (χ1n) is 4.89. The Bertz CT molecular complexity index is 152. The van der Waals surface area contributed by atoms with E-state index < -0.39 is 0 Å². The van der Waals surface area contributed by atoms with Crippen LogP contribution in [0.5, 0.6) is 0 Å². The van der Waals surface area contributed by atoms with Crippen molar-refractivity contribution in [1.29, 1.82) is 0 Å². The van der Waals surface area contributed by atoms with E-state index in [1.807, 2.05) is 9.83 Å². The molecule has 0 spiro atoms. The Hall–Kier alpha value is 0.650. The van der Waals surface area contributed by atoms with E-state index in [4.69, 9.17) is 0 Å². The van der Waals surface area contributed by atoms with Gasteiger partial charge in [-0.1, -0.05) is 37.1 Å². The summed E-state index contributed by atoms with van der Waals surface area (Å²) >= 11 is 0. The van der Waals surface area contributed by atoms with Gasteiger partial charge in [-0.3, -0.25) is 0 Å². The van der Waals surface area contributed by atoms with Crippen LogP contribution in [0.25, 0.3) is 0 Å². The summed E-state index contributed by atoms with van der Waals surface area (Å²) in [7, 11) is 3.57. The van der Waals surface area contributed by atoms with Crippen LogP contribution in [0, 0.1) is 0 Å². The van der Waals surface area contributed by atoms with Crippen molar-refractivity contribution in [2.45, 2.75) is 45.4 Å². The zero-order chi connectivity index (χ0) is 9.36. The van der Waals surface area contributed by atoms with Crippen LogP contribution in [0.3, 0.4) is 0 Å². The molecule has 1 rings (SSSR count). The average Bonchev–Trinajstić information content (AvgIpc) is 2.63. The van der Waals surface area contributed by atoms with E-state index in [1.54, 1.807) is 11.0 Å². The number of unbranched alkanes of at least 4 members (excludes halogenated alkanes) is 5. The standard InChI is InChI=1S/C8H17N2S3/c1-2-3-4-5-6-7-8-13-10-9-11-12-13/h2-8H2,1H3/q+1. The molecule has 0 N–H and O–H groups in total. The molecule has 1 atom stereocenters. The van der Waals surface area contributed by atoms with Crippen LogP contribution in [-0.2, 0) is 10.1 Å². The predicted octanol–water partition coefficient (Wildman–Crippen LogP) is 4.56. The van der Waals surface area contributed by atoms with Crippen LogP contribution in [0.4, 0.5) is 0 Å². The highest BCUT2D eigenvalue weighted by Crippen LogP contribution is 2.40. The summed E-state index contributed by atoms with van der Waals surface area (Å²) in [6, 6.07) is 0. The van der Waals surface area contributed by atoms with Crippen molar-refractivity contribution in [3.05, 3.63) is 0 Å². The summed E-state index contributed by atoms with van der Waals surface area (Å²) in [6.07, 6.45) is 8.26. The molecule has 0 amide bonds. The second kappa shape index (κ2) is 8.00. The quantitative estimate of drug-likeness (QED) is 0.281. The van der Waals surface area contributed by atoms with Gasteiger partial charge in [0.15, 0.2) is 5.75 Å². The Balaban J connectivity index is 1.81. The van der Waals surface area contributed by atoms with Crippen LogP contribution < -0.4 is 0 Å². The lowest BCUT2D eigenvalue weighted by Crippen LogP contribution is -1.94. The highest BCUT2D eigenvalue weighted by Gasteiger charge is 2.26. The van der Waals surface area contributed by atoms with Gasteiger partial charge in [-0.2, -0.15) is 0 Å². The fraction of sp³-hybridized carbons (Fsp3) is 1.00. The fourth-order valence-corrected chi connectivity index (χ4v) is 5.48. The van der Waals surface area contributed by atoms with Gasteiger partial charge in [-0.15, -0.1) is 0 Å². The molecule has 0 bridgehead atoms. The van der Waals surface area contributed by atoms with Crippen molar-refractivity contribution in [2.24, 2.45) is 9.04 Å². The molecule has 76 valence electrons. The van der Waals surface area contributed by atoms with Crippen molar-refractivity contribution in [3.63, 3.8) is 0 Å². The van der Waals surface area contributed by atoms with Crippen LogP contribution in [0.1, 0.15) is 45.4 Å². The average molecular weight is 237 g/mol. The van der Waals surface area contributed by atoms with Gasteiger partial charge in [0.05, 0.1) is 4.52 Å². The summed E-state index contributed by atoms with van der Waals surface area (Å²) in [5.74, 6) is 1.24. The molecule has 0 radical (unpaired) electrons. The molecule has 1 heterocycles. The maximum Gasteiger partial charge on any atom is 0.235 e. The van der Waals surface area contributed by atoms with E-state index in [-0.39, 0.29) is 10.1 Å². The Morgan fingerprint density at radius 3 is 2.54 bits per heavy atom. The van der Waals surface area contributed by atoms with Gasteiger partial charge in [0.25, 0.3) is 0 Å². The van der Waals surface area contributed by atoms with E-state index in [9.17, 15) is 0 Å². The molecular formula is C8H17N2S3+. The molecule has 0 fully saturated rings. The molecule has 0 saturated carbocycles. The normalized spacial score (nSPS) is 21.2. The fourth-order valence-electron chi connectivity index (χ4n) is 1.19. The maximum absolute atomic E-state index is 4.15. The maximum atomic E-state index is 4.15. The van der Waals surface area contributed by atoms with Gasteiger partial charge in [0.1, 0.15) is 11.0 Å². The van der Waals surface area contributed by atoms with Gasteiger partial charge in [-0.25, -0.2) is 0 Å². The molecular weight excluding hydrogens is 220 g/mol. The van der Waals surface area contributed by atoms with Gasteiger partial charge in [0, 0.05) is 0 Å². The van der Waals surface area contributed by atoms with Crippen molar-refractivity contribution < 1.29 is 0 Å². The molecule has 0 aliphatic carbocycles. The first-order chi connectivity index (χ1) is 6.43. The Morgan fingerprint density at radius 1 is 1.08 bits per heavy atom. The van der Waals surface area contributed by atoms with Crippen LogP contribution in [0.2, 0.25) is 0 Å². The Labute approximate surface area is 91.1 Å². The number of nitrogens with zero attached hydrogens (tertiary/aromatic N) is 2. The highest BCUT2D eigenvalue weighted by molar-refractivity contribution is 9.08. The van der Waals surface area contributed by atoms with Crippen molar-refractivity contribution >= 4 is 30.9 Å². The molecule has 0 aromatic heterocycles. The summed E-state index contributed by atoms with van der Waals surface area (Å²) in [5.41, 5.74) is 0. The number of hydrogen-bond acceptors (Lipinski definition) is 4. The van der Waals surface area contributed by atoms with E-state index in [0.29, 0.717) is 0 Å². The second-order valence-corrected chi connectivity index (χ2v) is 8.00. The lowest BCUT2D eigenvalue weighted by molar-refractivity contribution is 0.626. The molecule has 13 heavy (non-hydrogen) atoms. The largest absolute Gasteiger partial charge is 0.235 e. The van der Waals surface area contributed by atoms with E-state index in [1.165, 1.54) is 44.3 Å². The number of hydrogen-bond donors (Lipinski definition) is 0. The molecule has 1 aliphatic rings. The van der Waals surface area contributed by atoms with E-state index >= 15 is 0 Å². The summed E-state index contributed by atoms with van der Waals surface area (Å²) in [4.78, 5) is 0. The molecule has 0 aromatic carbocycles. The minimum absolute atomic E-state index is 0.203. The molecule has 1 unspecified atom stereocenters. The van der Waals surface area contributed by atoms with Gasteiger partial charge in [0.2, 0.25) is 19.9 Å². The molecule has 0 aromatic rings. The SMILES string of the molecule is CCCCCCCC[S+]1N=NSS1. The third-order valence-corrected chi connectivity index (χ3v) is 6.83. The van der Waals surface area contributed by atoms with Crippen molar-refractivity contribution in [2.75, 3.05) is 5.75 Å². The Morgan fingerprint density at radius 2 is 1.85 bits per heavy atom. The van der Waals surface area contributed by atoms with Crippen LogP contribution in [0.15, 0.2) is 9.04 Å². The van der Waals surface area contributed by atoms with E-state index in [0.717, 1.165) is 0 Å². The minimum atomic E-state index is 0.203.